The smallest absolute Gasteiger partial charge is 0.230 e. The van der Waals surface area contributed by atoms with E-state index in [0.717, 1.165) is 5.82 Å². The van der Waals surface area contributed by atoms with Crippen LogP contribution in [0.5, 0.6) is 0 Å². The van der Waals surface area contributed by atoms with Crippen molar-refractivity contribution in [1.82, 2.24) is 9.29 Å². The Kier molecular flexibility index (Phi) is 4.02. The summed E-state index contributed by atoms with van der Waals surface area (Å²) in [6.07, 6.45) is 1.72. The molecule has 1 aromatic heterocycles. The quantitative estimate of drug-likeness (QED) is 0.803. The third-order valence-electron chi connectivity index (χ3n) is 3.20. The average Bonchev–Trinajstić information content (AvgIpc) is 2.47. The number of piperazine rings is 1. The van der Waals surface area contributed by atoms with Gasteiger partial charge in [-0.3, -0.25) is 0 Å². The molecule has 1 fully saturated rings. The van der Waals surface area contributed by atoms with Gasteiger partial charge in [0.1, 0.15) is 5.82 Å². The molecule has 0 aromatic carbocycles. The highest BCUT2D eigenvalue weighted by Gasteiger charge is 2.31. The normalized spacial score (nSPS) is 18.8. The predicted molar refractivity (Wildman–Crippen MR) is 72.0 cm³/mol. The summed E-state index contributed by atoms with van der Waals surface area (Å²) < 4.78 is 25.4. The molecule has 0 spiro atoms. The van der Waals surface area contributed by atoms with E-state index in [9.17, 15) is 8.42 Å². The summed E-state index contributed by atoms with van der Waals surface area (Å²) in [6, 6.07) is 7.45. The molecule has 0 bridgehead atoms. The van der Waals surface area contributed by atoms with Crippen LogP contribution in [-0.4, -0.2) is 49.1 Å². The number of sulfonamides is 1. The van der Waals surface area contributed by atoms with Gasteiger partial charge in [-0.05, 0) is 19.1 Å². The molecule has 6 nitrogen and oxygen atoms in total. The van der Waals surface area contributed by atoms with Crippen LogP contribution in [0, 0.1) is 11.3 Å². The molecule has 7 heteroatoms. The summed E-state index contributed by atoms with van der Waals surface area (Å²) in [6.45, 7) is 3.39. The van der Waals surface area contributed by atoms with Crippen molar-refractivity contribution >= 4 is 15.8 Å². The van der Waals surface area contributed by atoms with Gasteiger partial charge in [0.25, 0.3) is 0 Å². The zero-order chi connectivity index (χ0) is 13.9. The van der Waals surface area contributed by atoms with E-state index in [1.807, 2.05) is 23.1 Å². The first-order valence-electron chi connectivity index (χ1n) is 6.10. The Hall–Kier alpha value is -1.65. The molecule has 1 aliphatic rings. The number of nitriles is 1. The first-order chi connectivity index (χ1) is 9.05. The zero-order valence-corrected chi connectivity index (χ0v) is 11.5. The van der Waals surface area contributed by atoms with Crippen LogP contribution in [0.3, 0.4) is 0 Å². The first kappa shape index (κ1) is 13.8. The Bertz CT molecular complexity index is 559. The van der Waals surface area contributed by atoms with E-state index >= 15 is 0 Å². The molecule has 0 radical (unpaired) electrons. The average molecular weight is 280 g/mol. The monoisotopic (exact) mass is 280 g/mol. The van der Waals surface area contributed by atoms with E-state index in [1.54, 1.807) is 12.3 Å². The highest BCUT2D eigenvalue weighted by atomic mass is 32.2. The maximum absolute atomic E-state index is 12.0. The number of nitrogens with zero attached hydrogens (tertiary/aromatic N) is 4. The van der Waals surface area contributed by atoms with E-state index in [2.05, 4.69) is 4.98 Å². The summed E-state index contributed by atoms with van der Waals surface area (Å²) in [4.78, 5) is 6.29. The van der Waals surface area contributed by atoms with Crippen molar-refractivity contribution in [3.63, 3.8) is 0 Å². The fraction of sp³-hybridized carbons (Fsp3) is 0.500. The molecule has 2 heterocycles. The van der Waals surface area contributed by atoms with Gasteiger partial charge in [-0.15, -0.1) is 0 Å². The molecular weight excluding hydrogens is 264 g/mol. The Morgan fingerprint density at radius 2 is 2.00 bits per heavy atom. The van der Waals surface area contributed by atoms with E-state index in [4.69, 9.17) is 5.26 Å². The van der Waals surface area contributed by atoms with Crippen LogP contribution < -0.4 is 4.90 Å². The largest absolute Gasteiger partial charge is 0.354 e. The van der Waals surface area contributed by atoms with Gasteiger partial charge in [0.15, 0.2) is 5.25 Å². The fourth-order valence-electron chi connectivity index (χ4n) is 2.00. The van der Waals surface area contributed by atoms with E-state index in [-0.39, 0.29) is 0 Å². The number of hydrogen-bond donors (Lipinski definition) is 0. The summed E-state index contributed by atoms with van der Waals surface area (Å²) >= 11 is 0. The second kappa shape index (κ2) is 5.55. The third-order valence-corrected chi connectivity index (χ3v) is 5.28. The van der Waals surface area contributed by atoms with Crippen LogP contribution in [0.15, 0.2) is 24.4 Å². The number of hydrogen-bond acceptors (Lipinski definition) is 5. The minimum atomic E-state index is -3.49. The highest BCUT2D eigenvalue weighted by molar-refractivity contribution is 7.89. The predicted octanol–water partition coefficient (Wildman–Crippen LogP) is 0.445. The van der Waals surface area contributed by atoms with E-state index in [1.165, 1.54) is 11.2 Å². The van der Waals surface area contributed by atoms with Gasteiger partial charge in [0, 0.05) is 32.4 Å². The van der Waals surface area contributed by atoms with Gasteiger partial charge in [-0.1, -0.05) is 6.07 Å². The molecule has 2 rings (SSSR count). The minimum Gasteiger partial charge on any atom is -0.354 e. The van der Waals surface area contributed by atoms with Crippen molar-refractivity contribution < 1.29 is 8.42 Å². The Morgan fingerprint density at radius 1 is 1.32 bits per heavy atom. The van der Waals surface area contributed by atoms with Gasteiger partial charge in [0.05, 0.1) is 6.07 Å². The standard InChI is InChI=1S/C12H16N4O2S/c1-11(10-13)19(17,18)16-8-6-15(7-9-16)12-4-2-3-5-14-12/h2-5,11H,6-9H2,1H3. The zero-order valence-electron chi connectivity index (χ0n) is 10.7. The van der Waals surface area contributed by atoms with Gasteiger partial charge >= 0.3 is 0 Å². The lowest BCUT2D eigenvalue weighted by molar-refractivity contribution is 0.382. The lowest BCUT2D eigenvalue weighted by atomic mass is 10.3. The topological polar surface area (TPSA) is 77.3 Å². The highest BCUT2D eigenvalue weighted by Crippen LogP contribution is 2.16. The summed E-state index contributed by atoms with van der Waals surface area (Å²) in [7, 11) is -3.49. The number of rotatable bonds is 3. The van der Waals surface area contributed by atoms with Crippen molar-refractivity contribution in [1.29, 1.82) is 5.26 Å². The molecule has 0 amide bonds. The number of anilines is 1. The molecule has 1 atom stereocenters. The molecule has 0 aliphatic carbocycles. The van der Waals surface area contributed by atoms with Crippen LogP contribution >= 0.6 is 0 Å². The van der Waals surface area contributed by atoms with E-state index < -0.39 is 15.3 Å². The third kappa shape index (κ3) is 2.85. The molecule has 1 aliphatic heterocycles. The van der Waals surface area contributed by atoms with Gasteiger partial charge in [0.2, 0.25) is 10.0 Å². The van der Waals surface area contributed by atoms with Gasteiger partial charge in [-0.25, -0.2) is 13.4 Å². The second-order valence-corrected chi connectivity index (χ2v) is 6.64. The Balaban J connectivity index is 2.03. The Labute approximate surface area is 113 Å². The van der Waals surface area contributed by atoms with E-state index in [0.29, 0.717) is 26.2 Å². The SMILES string of the molecule is CC(C#N)S(=O)(=O)N1CCN(c2ccccn2)CC1. The van der Waals surface area contributed by atoms with Gasteiger partial charge in [-0.2, -0.15) is 9.57 Å². The van der Waals surface area contributed by atoms with Crippen molar-refractivity contribution in [3.8, 4) is 6.07 Å². The van der Waals surface area contributed by atoms with Crippen LogP contribution in [0.1, 0.15) is 6.92 Å². The fourth-order valence-corrected chi connectivity index (χ4v) is 3.26. The molecule has 0 N–H and O–H groups in total. The van der Waals surface area contributed by atoms with Crippen LogP contribution in [-0.2, 0) is 10.0 Å². The van der Waals surface area contributed by atoms with Gasteiger partial charge < -0.3 is 4.90 Å². The number of aromatic nitrogens is 1. The maximum atomic E-state index is 12.0. The molecule has 0 saturated carbocycles. The molecular formula is C12H16N4O2S. The summed E-state index contributed by atoms with van der Waals surface area (Å²) in [5.41, 5.74) is 0. The molecule has 19 heavy (non-hydrogen) atoms. The molecule has 1 aromatic rings. The van der Waals surface area contributed by atoms with Crippen molar-refractivity contribution in [2.24, 2.45) is 0 Å². The second-order valence-electron chi connectivity index (χ2n) is 4.39. The molecule has 102 valence electrons. The lowest BCUT2D eigenvalue weighted by Gasteiger charge is -2.35. The maximum Gasteiger partial charge on any atom is 0.230 e. The van der Waals surface area contributed by atoms with Crippen LogP contribution in [0.4, 0.5) is 5.82 Å². The summed E-state index contributed by atoms with van der Waals surface area (Å²) in [5.74, 6) is 0.855. The lowest BCUT2D eigenvalue weighted by Crippen LogP contribution is -2.50. The Morgan fingerprint density at radius 3 is 2.53 bits per heavy atom. The number of pyridine rings is 1. The van der Waals surface area contributed by atoms with Crippen LogP contribution in [0.25, 0.3) is 0 Å². The van der Waals surface area contributed by atoms with Crippen molar-refractivity contribution in [3.05, 3.63) is 24.4 Å². The van der Waals surface area contributed by atoms with Crippen molar-refractivity contribution in [2.75, 3.05) is 31.1 Å². The summed E-state index contributed by atoms with van der Waals surface area (Å²) in [5, 5.41) is 7.76. The first-order valence-corrected chi connectivity index (χ1v) is 7.60. The van der Waals surface area contributed by atoms with Crippen LogP contribution in [0.2, 0.25) is 0 Å². The molecule has 1 saturated heterocycles. The minimum absolute atomic E-state index is 0.394. The van der Waals surface area contributed by atoms with Crippen molar-refractivity contribution in [2.45, 2.75) is 12.2 Å². The molecule has 1 unspecified atom stereocenters.